The van der Waals surface area contributed by atoms with Gasteiger partial charge in [0.1, 0.15) is 5.69 Å². The molecular formula is C14H12ClN3O2. The number of halogens is 1. The third-order valence-electron chi connectivity index (χ3n) is 2.74. The average Bonchev–Trinajstić information content (AvgIpc) is 2.46. The Morgan fingerprint density at radius 1 is 1.25 bits per heavy atom. The SMILES string of the molecule is CNC(=O)c1ccc(-c2cccc(C(N)=O)n2)c(Cl)c1. The van der Waals surface area contributed by atoms with E-state index in [1.807, 2.05) is 0 Å². The number of carbonyl (C=O) groups excluding carboxylic acids is 2. The lowest BCUT2D eigenvalue weighted by Crippen LogP contribution is -2.17. The molecule has 1 heterocycles. The molecule has 6 heteroatoms. The first-order chi connectivity index (χ1) is 9.52. The Hall–Kier alpha value is -2.40. The molecule has 20 heavy (non-hydrogen) atoms. The van der Waals surface area contributed by atoms with E-state index in [0.29, 0.717) is 21.8 Å². The van der Waals surface area contributed by atoms with E-state index in [1.54, 1.807) is 37.4 Å². The fraction of sp³-hybridized carbons (Fsp3) is 0.0714. The van der Waals surface area contributed by atoms with Gasteiger partial charge in [-0.3, -0.25) is 9.59 Å². The second-order valence-corrected chi connectivity index (χ2v) is 4.45. The van der Waals surface area contributed by atoms with Gasteiger partial charge in [0.25, 0.3) is 11.8 Å². The molecule has 0 radical (unpaired) electrons. The van der Waals surface area contributed by atoms with Gasteiger partial charge in [0.15, 0.2) is 0 Å². The van der Waals surface area contributed by atoms with Gasteiger partial charge in [0, 0.05) is 18.2 Å². The Balaban J connectivity index is 2.46. The van der Waals surface area contributed by atoms with Gasteiger partial charge < -0.3 is 11.1 Å². The van der Waals surface area contributed by atoms with Crippen molar-refractivity contribution in [3.63, 3.8) is 0 Å². The summed E-state index contributed by atoms with van der Waals surface area (Å²) in [6.45, 7) is 0. The largest absolute Gasteiger partial charge is 0.364 e. The maximum Gasteiger partial charge on any atom is 0.267 e. The molecule has 0 saturated carbocycles. The Morgan fingerprint density at radius 2 is 2.00 bits per heavy atom. The van der Waals surface area contributed by atoms with Crippen molar-refractivity contribution in [2.75, 3.05) is 7.05 Å². The minimum Gasteiger partial charge on any atom is -0.364 e. The highest BCUT2D eigenvalue weighted by atomic mass is 35.5. The standard InChI is InChI=1S/C14H12ClN3O2/c1-17-14(20)8-5-6-9(10(15)7-8)11-3-2-4-12(18-11)13(16)19/h2-7H,1H3,(H2,16,19)(H,17,20). The lowest BCUT2D eigenvalue weighted by Gasteiger charge is -2.07. The predicted octanol–water partition coefficient (Wildman–Crippen LogP) is 1.86. The lowest BCUT2D eigenvalue weighted by molar-refractivity contribution is 0.0961. The number of nitrogens with two attached hydrogens (primary N) is 1. The highest BCUT2D eigenvalue weighted by Gasteiger charge is 2.11. The molecule has 0 unspecified atom stereocenters. The summed E-state index contributed by atoms with van der Waals surface area (Å²) in [5.41, 5.74) is 6.96. The van der Waals surface area contributed by atoms with Crippen LogP contribution in [0.25, 0.3) is 11.3 Å². The van der Waals surface area contributed by atoms with Crippen molar-refractivity contribution in [2.24, 2.45) is 5.73 Å². The number of pyridine rings is 1. The van der Waals surface area contributed by atoms with E-state index < -0.39 is 5.91 Å². The van der Waals surface area contributed by atoms with E-state index in [9.17, 15) is 9.59 Å². The Morgan fingerprint density at radius 3 is 2.60 bits per heavy atom. The van der Waals surface area contributed by atoms with Crippen molar-refractivity contribution in [1.29, 1.82) is 0 Å². The van der Waals surface area contributed by atoms with Gasteiger partial charge in [0.05, 0.1) is 10.7 Å². The van der Waals surface area contributed by atoms with Gasteiger partial charge >= 0.3 is 0 Å². The van der Waals surface area contributed by atoms with Crippen LogP contribution in [0.1, 0.15) is 20.8 Å². The van der Waals surface area contributed by atoms with Crippen molar-refractivity contribution in [3.8, 4) is 11.3 Å². The second-order valence-electron chi connectivity index (χ2n) is 4.05. The summed E-state index contributed by atoms with van der Waals surface area (Å²) in [5.74, 6) is -0.831. The number of amides is 2. The molecule has 2 aromatic rings. The topological polar surface area (TPSA) is 85.1 Å². The maximum absolute atomic E-state index is 11.5. The van der Waals surface area contributed by atoms with E-state index in [2.05, 4.69) is 10.3 Å². The molecule has 0 aliphatic heterocycles. The molecule has 1 aromatic heterocycles. The van der Waals surface area contributed by atoms with E-state index in [0.717, 1.165) is 0 Å². The molecule has 0 fully saturated rings. The van der Waals surface area contributed by atoms with Gasteiger partial charge in [-0.1, -0.05) is 23.7 Å². The summed E-state index contributed by atoms with van der Waals surface area (Å²) in [5, 5.41) is 2.89. The molecule has 2 amide bonds. The van der Waals surface area contributed by atoms with E-state index in [1.165, 1.54) is 6.07 Å². The van der Waals surface area contributed by atoms with Crippen molar-refractivity contribution in [2.45, 2.75) is 0 Å². The maximum atomic E-state index is 11.5. The molecule has 0 bridgehead atoms. The Labute approximate surface area is 120 Å². The smallest absolute Gasteiger partial charge is 0.267 e. The number of nitrogens with one attached hydrogen (secondary N) is 1. The van der Waals surface area contributed by atoms with Crippen LogP contribution >= 0.6 is 11.6 Å². The average molecular weight is 290 g/mol. The van der Waals surface area contributed by atoms with Crippen LogP contribution in [0, 0.1) is 0 Å². The lowest BCUT2D eigenvalue weighted by atomic mass is 10.1. The fourth-order valence-corrected chi connectivity index (χ4v) is 2.01. The molecule has 2 rings (SSSR count). The van der Waals surface area contributed by atoms with E-state index in [4.69, 9.17) is 17.3 Å². The molecule has 3 N–H and O–H groups in total. The van der Waals surface area contributed by atoms with Gasteiger partial charge in [-0.05, 0) is 24.3 Å². The first-order valence-electron chi connectivity index (χ1n) is 5.82. The van der Waals surface area contributed by atoms with Crippen molar-refractivity contribution in [1.82, 2.24) is 10.3 Å². The first kappa shape index (κ1) is 14.0. The van der Waals surface area contributed by atoms with Crippen LogP contribution in [-0.4, -0.2) is 23.8 Å². The summed E-state index contributed by atoms with van der Waals surface area (Å²) in [7, 11) is 1.54. The minimum atomic E-state index is -0.607. The van der Waals surface area contributed by atoms with Crippen LogP contribution in [0.4, 0.5) is 0 Å². The van der Waals surface area contributed by atoms with Crippen molar-refractivity contribution >= 4 is 23.4 Å². The van der Waals surface area contributed by atoms with Gasteiger partial charge in [0.2, 0.25) is 0 Å². The van der Waals surface area contributed by atoms with E-state index >= 15 is 0 Å². The monoisotopic (exact) mass is 289 g/mol. The quantitative estimate of drug-likeness (QED) is 0.904. The van der Waals surface area contributed by atoms with Crippen LogP contribution in [0.5, 0.6) is 0 Å². The summed E-state index contributed by atoms with van der Waals surface area (Å²) >= 11 is 6.16. The third kappa shape index (κ3) is 2.78. The molecule has 1 aromatic carbocycles. The zero-order chi connectivity index (χ0) is 14.7. The number of hydrogen-bond acceptors (Lipinski definition) is 3. The summed E-state index contributed by atoms with van der Waals surface area (Å²) in [4.78, 5) is 26.8. The van der Waals surface area contributed by atoms with Gasteiger partial charge in [-0.15, -0.1) is 0 Å². The third-order valence-corrected chi connectivity index (χ3v) is 3.05. The number of benzene rings is 1. The van der Waals surface area contributed by atoms with Gasteiger partial charge in [-0.2, -0.15) is 0 Å². The van der Waals surface area contributed by atoms with Gasteiger partial charge in [-0.25, -0.2) is 4.98 Å². The Kier molecular flexibility index (Phi) is 4.00. The summed E-state index contributed by atoms with van der Waals surface area (Å²) < 4.78 is 0. The number of rotatable bonds is 3. The van der Waals surface area contributed by atoms with Crippen LogP contribution in [0.3, 0.4) is 0 Å². The highest BCUT2D eigenvalue weighted by Crippen LogP contribution is 2.27. The van der Waals surface area contributed by atoms with Crippen LogP contribution in [-0.2, 0) is 0 Å². The van der Waals surface area contributed by atoms with Crippen LogP contribution in [0.15, 0.2) is 36.4 Å². The Bertz CT molecular complexity index is 686. The number of hydrogen-bond donors (Lipinski definition) is 2. The zero-order valence-electron chi connectivity index (χ0n) is 10.7. The highest BCUT2D eigenvalue weighted by molar-refractivity contribution is 6.33. The zero-order valence-corrected chi connectivity index (χ0v) is 11.4. The molecular weight excluding hydrogens is 278 g/mol. The summed E-state index contributed by atoms with van der Waals surface area (Å²) in [6, 6.07) is 9.78. The van der Waals surface area contributed by atoms with Crippen molar-refractivity contribution in [3.05, 3.63) is 52.7 Å². The van der Waals surface area contributed by atoms with Crippen LogP contribution in [0.2, 0.25) is 5.02 Å². The normalized spacial score (nSPS) is 10.1. The number of nitrogens with zero attached hydrogens (tertiary/aromatic N) is 1. The van der Waals surface area contributed by atoms with E-state index in [-0.39, 0.29) is 11.6 Å². The number of primary amides is 1. The van der Waals surface area contributed by atoms with Crippen molar-refractivity contribution < 1.29 is 9.59 Å². The number of carbonyl (C=O) groups is 2. The van der Waals surface area contributed by atoms with Crippen LogP contribution < -0.4 is 11.1 Å². The molecule has 0 spiro atoms. The minimum absolute atomic E-state index is 0.161. The molecule has 0 aliphatic carbocycles. The molecule has 102 valence electrons. The predicted molar refractivity (Wildman–Crippen MR) is 76.6 cm³/mol. The second kappa shape index (κ2) is 5.71. The first-order valence-corrected chi connectivity index (χ1v) is 6.19. The molecule has 0 aliphatic rings. The fourth-order valence-electron chi connectivity index (χ4n) is 1.73. The molecule has 0 saturated heterocycles. The molecule has 0 atom stereocenters. The summed E-state index contributed by atoms with van der Waals surface area (Å²) in [6.07, 6.45) is 0. The molecule has 5 nitrogen and oxygen atoms in total. The number of aromatic nitrogens is 1.